The molecule has 0 bridgehead atoms. The Kier molecular flexibility index (Phi) is 9.71. The van der Waals surface area contributed by atoms with Gasteiger partial charge >= 0.3 is 6.85 Å². The summed E-state index contributed by atoms with van der Waals surface area (Å²) in [5, 5.41) is 10.6. The topological polar surface area (TPSA) is 8.17 Å². The van der Waals surface area contributed by atoms with Crippen molar-refractivity contribution in [1.82, 2.24) is 4.48 Å². The zero-order valence-corrected chi connectivity index (χ0v) is 44.7. The normalized spacial score (nSPS) is 13.7. The lowest BCUT2D eigenvalue weighted by molar-refractivity contribution is 0.590. The molecule has 0 radical (unpaired) electrons. The first-order chi connectivity index (χ1) is 34.8. The summed E-state index contributed by atoms with van der Waals surface area (Å²) in [6, 6.07) is 68.0. The SMILES string of the molecule is CC(C)(C)c1ccc2c(c1)c1cc(C(C)(C)C)cc3c1n2B1c2cc4c(C(C)(C)C)c5ccccc5c(C(C)(C)C)c4cc2N(c2cc(-c4ccccc4)cc(-c4ccccc4)c2)c2cc4ccccc4c-3c21. The van der Waals surface area contributed by atoms with E-state index in [0.29, 0.717) is 0 Å². The lowest BCUT2D eigenvalue weighted by Gasteiger charge is -2.42. The van der Waals surface area contributed by atoms with Gasteiger partial charge in [-0.05, 0) is 170 Å². The van der Waals surface area contributed by atoms with E-state index in [1.54, 1.807) is 0 Å². The van der Waals surface area contributed by atoms with E-state index in [2.05, 4.69) is 268 Å². The van der Waals surface area contributed by atoms with Gasteiger partial charge in [0.1, 0.15) is 0 Å². The smallest absolute Gasteiger partial charge is 0.333 e. The average Bonchev–Trinajstić information content (AvgIpc) is 3.68. The molecule has 1 aromatic heterocycles. The molecule has 2 nitrogen and oxygen atoms in total. The molecule has 11 aromatic rings. The highest BCUT2D eigenvalue weighted by Crippen LogP contribution is 2.52. The van der Waals surface area contributed by atoms with E-state index < -0.39 is 0 Å². The minimum absolute atomic E-state index is 0.0137. The summed E-state index contributed by atoms with van der Waals surface area (Å²) >= 11 is 0. The minimum atomic E-state index is -0.154. The van der Waals surface area contributed by atoms with Crippen molar-refractivity contribution < 1.29 is 0 Å². The van der Waals surface area contributed by atoms with E-state index in [4.69, 9.17) is 0 Å². The van der Waals surface area contributed by atoms with Crippen LogP contribution < -0.4 is 15.8 Å². The van der Waals surface area contributed by atoms with Crippen molar-refractivity contribution in [3.63, 3.8) is 0 Å². The van der Waals surface area contributed by atoms with Crippen LogP contribution in [0.2, 0.25) is 0 Å². The fourth-order valence-electron chi connectivity index (χ4n) is 13.1. The highest BCUT2D eigenvalue weighted by atomic mass is 15.2. The van der Waals surface area contributed by atoms with Gasteiger partial charge in [0.05, 0.1) is 0 Å². The Morgan fingerprint density at radius 1 is 0.370 bits per heavy atom. The molecule has 3 heterocycles. The molecule has 0 saturated carbocycles. The maximum Gasteiger partial charge on any atom is 0.333 e. The van der Waals surface area contributed by atoms with Crippen LogP contribution in [0.5, 0.6) is 0 Å². The van der Waals surface area contributed by atoms with Gasteiger partial charge in [0.25, 0.3) is 0 Å². The molecule has 0 atom stereocenters. The van der Waals surface area contributed by atoms with Crippen LogP contribution in [0.1, 0.15) is 105 Å². The molecule has 0 N–H and O–H groups in total. The second-order valence-corrected chi connectivity index (χ2v) is 25.4. The second-order valence-electron chi connectivity index (χ2n) is 25.4. The highest BCUT2D eigenvalue weighted by Gasteiger charge is 2.45. The summed E-state index contributed by atoms with van der Waals surface area (Å²) < 4.78 is 2.78. The predicted molar refractivity (Wildman–Crippen MR) is 318 cm³/mol. The van der Waals surface area contributed by atoms with Crippen LogP contribution >= 0.6 is 0 Å². The Hall–Kier alpha value is -7.36. The van der Waals surface area contributed by atoms with E-state index in [1.807, 2.05) is 0 Å². The number of rotatable bonds is 3. The Morgan fingerprint density at radius 2 is 0.904 bits per heavy atom. The first-order valence-electron chi connectivity index (χ1n) is 26.5. The third-order valence-corrected chi connectivity index (χ3v) is 16.3. The number of fused-ring (bicyclic) bond motifs is 11. The first-order valence-corrected chi connectivity index (χ1v) is 26.5. The number of anilines is 3. The largest absolute Gasteiger partial charge is 0.375 e. The standard InChI is InChI=1S/C70H65BN2/c1-67(2,3)47-31-32-59-53(37-47)56-38-48(68(4,5)6)39-57-62-50-28-20-19-27-44(50)36-61-65(62)71(73(59)66(56)57)58-40-54-55(64(70(10,11)12)52-30-22-21-29-51(52)63(54)69(7,8)9)41-60(58)72(61)49-34-45(42-23-15-13-16-24-42)33-46(35-49)43-25-17-14-18-26-43/h13-41H,1-12H3. The molecule has 3 heteroatoms. The van der Waals surface area contributed by atoms with Crippen molar-refractivity contribution in [2.75, 3.05) is 4.90 Å². The lowest BCUT2D eigenvalue weighted by Crippen LogP contribution is -2.56. The molecular weight excluding hydrogens is 880 g/mol. The van der Waals surface area contributed by atoms with Gasteiger partial charge in [-0.2, -0.15) is 0 Å². The summed E-state index contributed by atoms with van der Waals surface area (Å²) in [7, 11) is 0. The van der Waals surface area contributed by atoms with Gasteiger partial charge < -0.3 is 9.38 Å². The molecule has 358 valence electrons. The molecule has 0 aliphatic carbocycles. The van der Waals surface area contributed by atoms with Crippen LogP contribution in [0.25, 0.3) is 87.5 Å². The van der Waals surface area contributed by atoms with Crippen LogP contribution in [0.4, 0.5) is 17.1 Å². The van der Waals surface area contributed by atoms with Gasteiger partial charge in [-0.3, -0.25) is 0 Å². The predicted octanol–water partition coefficient (Wildman–Crippen LogP) is 18.2. The molecule has 0 fully saturated rings. The highest BCUT2D eigenvalue weighted by molar-refractivity contribution is 6.90. The Morgan fingerprint density at radius 3 is 1.48 bits per heavy atom. The second kappa shape index (κ2) is 15.6. The zero-order valence-electron chi connectivity index (χ0n) is 44.7. The number of hydrogen-bond acceptors (Lipinski definition) is 1. The molecular formula is C70H65BN2. The lowest BCUT2D eigenvalue weighted by atomic mass is 9.44. The fraction of sp³-hybridized carbons (Fsp3) is 0.229. The van der Waals surface area contributed by atoms with Gasteiger partial charge in [-0.15, -0.1) is 0 Å². The quantitative estimate of drug-likeness (QED) is 0.127. The van der Waals surface area contributed by atoms with Gasteiger partial charge in [0.15, 0.2) is 0 Å². The molecule has 0 spiro atoms. The van der Waals surface area contributed by atoms with Crippen LogP contribution in [-0.4, -0.2) is 11.3 Å². The molecule has 2 aliphatic rings. The molecule has 73 heavy (non-hydrogen) atoms. The van der Waals surface area contributed by atoms with Crippen molar-refractivity contribution in [3.8, 4) is 33.4 Å². The van der Waals surface area contributed by atoms with E-state index in [1.165, 1.54) is 132 Å². The Bertz CT molecular complexity index is 4050. The summed E-state index contributed by atoms with van der Waals surface area (Å²) in [6.07, 6.45) is 0. The van der Waals surface area contributed by atoms with Crippen LogP contribution in [0.3, 0.4) is 0 Å². The van der Waals surface area contributed by atoms with Crippen molar-refractivity contribution in [3.05, 3.63) is 198 Å². The molecule has 13 rings (SSSR count). The first kappa shape index (κ1) is 45.5. The van der Waals surface area contributed by atoms with Crippen LogP contribution in [-0.2, 0) is 21.7 Å². The summed E-state index contributed by atoms with van der Waals surface area (Å²) in [4.78, 5) is 2.67. The van der Waals surface area contributed by atoms with Crippen molar-refractivity contribution in [2.45, 2.75) is 105 Å². The summed E-state index contributed by atoms with van der Waals surface area (Å²) in [6.45, 7) is 28.5. The Balaban J connectivity index is 1.27. The number of nitrogens with zero attached hydrogens (tertiary/aromatic N) is 2. The van der Waals surface area contributed by atoms with E-state index >= 15 is 0 Å². The van der Waals surface area contributed by atoms with Gasteiger partial charge in [0, 0.05) is 44.4 Å². The third kappa shape index (κ3) is 6.91. The van der Waals surface area contributed by atoms with Crippen LogP contribution in [0, 0.1) is 0 Å². The van der Waals surface area contributed by atoms with Crippen molar-refractivity contribution >= 4 is 89.0 Å². The van der Waals surface area contributed by atoms with E-state index in [0.717, 1.165) is 5.69 Å². The van der Waals surface area contributed by atoms with Crippen molar-refractivity contribution in [2.24, 2.45) is 0 Å². The Labute approximate surface area is 432 Å². The zero-order chi connectivity index (χ0) is 50.7. The van der Waals surface area contributed by atoms with Gasteiger partial charge in [-0.25, -0.2) is 0 Å². The summed E-state index contributed by atoms with van der Waals surface area (Å²) in [5.74, 6) is 0. The maximum absolute atomic E-state index is 2.78. The molecule has 10 aromatic carbocycles. The van der Waals surface area contributed by atoms with Gasteiger partial charge in [0.2, 0.25) is 0 Å². The van der Waals surface area contributed by atoms with Gasteiger partial charge in [-0.1, -0.05) is 204 Å². The fourth-order valence-corrected chi connectivity index (χ4v) is 13.1. The molecule has 2 aliphatic heterocycles. The summed E-state index contributed by atoms with van der Waals surface area (Å²) in [5.41, 5.74) is 21.5. The molecule has 0 saturated heterocycles. The number of benzene rings is 10. The van der Waals surface area contributed by atoms with E-state index in [9.17, 15) is 0 Å². The monoisotopic (exact) mass is 945 g/mol. The molecule has 0 unspecified atom stereocenters. The van der Waals surface area contributed by atoms with Crippen LogP contribution in [0.15, 0.2) is 176 Å². The maximum atomic E-state index is 2.78. The number of aromatic nitrogens is 1. The average molecular weight is 945 g/mol. The minimum Gasteiger partial charge on any atom is -0.375 e. The molecule has 0 amide bonds. The third-order valence-electron chi connectivity index (χ3n) is 16.3. The number of hydrogen-bond donors (Lipinski definition) is 0. The van der Waals surface area contributed by atoms with Crippen molar-refractivity contribution in [1.29, 1.82) is 0 Å². The van der Waals surface area contributed by atoms with E-state index in [-0.39, 0.29) is 28.5 Å².